The number of hydrogen-bond donors (Lipinski definition) is 3. The van der Waals surface area contributed by atoms with Gasteiger partial charge >= 0.3 is 5.97 Å². The number of rotatable bonds is 4. The van der Waals surface area contributed by atoms with Gasteiger partial charge in [-0.05, 0) is 12.1 Å². The molecule has 0 fully saturated rings. The Labute approximate surface area is 86.3 Å². The van der Waals surface area contributed by atoms with Crippen LogP contribution in [-0.2, 0) is 14.9 Å². The van der Waals surface area contributed by atoms with Gasteiger partial charge in [-0.3, -0.25) is 9.35 Å². The molecule has 1 aromatic rings. The van der Waals surface area contributed by atoms with Crippen LogP contribution in [0.5, 0.6) is 0 Å². The van der Waals surface area contributed by atoms with Gasteiger partial charge in [0.05, 0.1) is 5.69 Å². The minimum Gasteiger partial charge on any atom is -0.480 e. The predicted octanol–water partition coefficient (Wildman–Crippen LogP) is 0.430. The number of anilines is 1. The third-order valence-corrected chi connectivity index (χ3v) is 2.51. The molecule has 0 spiro atoms. The summed E-state index contributed by atoms with van der Waals surface area (Å²) >= 11 is 0. The highest BCUT2D eigenvalue weighted by Gasteiger charge is 2.14. The number of nitrogens with one attached hydrogen (secondary N) is 1. The zero-order chi connectivity index (χ0) is 11.5. The molecule has 0 amide bonds. The van der Waals surface area contributed by atoms with Gasteiger partial charge in [-0.15, -0.1) is 0 Å². The Balaban J connectivity index is 3.02. The molecule has 0 aliphatic carbocycles. The topological polar surface area (TPSA) is 104 Å². The number of benzene rings is 1. The second-order valence-corrected chi connectivity index (χ2v) is 4.11. The third kappa shape index (κ3) is 3.22. The number of para-hydroxylation sites is 1. The fraction of sp³-hybridized carbons (Fsp3) is 0.125. The van der Waals surface area contributed by atoms with Gasteiger partial charge in [-0.1, -0.05) is 12.1 Å². The summed E-state index contributed by atoms with van der Waals surface area (Å²) in [5.74, 6) is -1.12. The monoisotopic (exact) mass is 231 g/mol. The molecule has 0 saturated carbocycles. The van der Waals surface area contributed by atoms with E-state index in [9.17, 15) is 13.2 Å². The average Bonchev–Trinajstić information content (AvgIpc) is 2.13. The Bertz CT molecular complexity index is 468. The molecule has 82 valence electrons. The Morgan fingerprint density at radius 2 is 1.93 bits per heavy atom. The highest BCUT2D eigenvalue weighted by molar-refractivity contribution is 7.86. The summed E-state index contributed by atoms with van der Waals surface area (Å²) in [6.45, 7) is -0.424. The van der Waals surface area contributed by atoms with Crippen LogP contribution in [0.4, 0.5) is 5.69 Å². The molecular weight excluding hydrogens is 222 g/mol. The van der Waals surface area contributed by atoms with E-state index in [1.165, 1.54) is 24.3 Å². The van der Waals surface area contributed by atoms with Crippen LogP contribution in [0.2, 0.25) is 0 Å². The highest BCUT2D eigenvalue weighted by Crippen LogP contribution is 2.19. The van der Waals surface area contributed by atoms with Crippen molar-refractivity contribution in [3.63, 3.8) is 0 Å². The first-order chi connectivity index (χ1) is 6.91. The number of carboxylic acid groups (broad SMARTS) is 1. The molecule has 7 heteroatoms. The molecule has 0 bridgehead atoms. The van der Waals surface area contributed by atoms with E-state index in [1.807, 2.05) is 0 Å². The fourth-order valence-electron chi connectivity index (χ4n) is 1.01. The maximum Gasteiger partial charge on any atom is 0.322 e. The lowest BCUT2D eigenvalue weighted by atomic mass is 10.3. The van der Waals surface area contributed by atoms with Crippen LogP contribution in [0.15, 0.2) is 29.2 Å². The second kappa shape index (κ2) is 4.28. The number of aliphatic carboxylic acids is 1. The lowest BCUT2D eigenvalue weighted by Gasteiger charge is -2.07. The summed E-state index contributed by atoms with van der Waals surface area (Å²) in [5.41, 5.74) is 0.0578. The molecule has 0 heterocycles. The molecule has 0 unspecified atom stereocenters. The smallest absolute Gasteiger partial charge is 0.322 e. The zero-order valence-corrected chi connectivity index (χ0v) is 8.36. The molecule has 0 aliphatic heterocycles. The Hall–Kier alpha value is -1.60. The molecule has 0 atom stereocenters. The summed E-state index contributed by atoms with van der Waals surface area (Å²) in [6, 6.07) is 5.50. The van der Waals surface area contributed by atoms with Gasteiger partial charge in [0.15, 0.2) is 0 Å². The standard InChI is InChI=1S/C8H9NO5S/c10-8(11)5-9-6-3-1-2-4-7(6)15(12,13)14/h1-4,9H,5H2,(H,10,11)(H,12,13,14). The quantitative estimate of drug-likeness (QED) is 0.649. The SMILES string of the molecule is O=C(O)CNc1ccccc1S(=O)(=O)O. The van der Waals surface area contributed by atoms with Gasteiger partial charge in [0.25, 0.3) is 10.1 Å². The summed E-state index contributed by atoms with van der Waals surface area (Å²) in [7, 11) is -4.34. The Morgan fingerprint density at radius 3 is 2.47 bits per heavy atom. The number of carbonyl (C=O) groups is 1. The first-order valence-corrected chi connectivity index (χ1v) is 5.37. The van der Waals surface area contributed by atoms with Crippen molar-refractivity contribution < 1.29 is 22.9 Å². The zero-order valence-electron chi connectivity index (χ0n) is 7.54. The second-order valence-electron chi connectivity index (χ2n) is 2.72. The normalized spacial score (nSPS) is 11.0. The lowest BCUT2D eigenvalue weighted by Crippen LogP contribution is -2.14. The average molecular weight is 231 g/mol. The van der Waals surface area contributed by atoms with E-state index >= 15 is 0 Å². The van der Waals surface area contributed by atoms with Gasteiger partial charge in [-0.25, -0.2) is 0 Å². The van der Waals surface area contributed by atoms with Gasteiger partial charge < -0.3 is 10.4 Å². The largest absolute Gasteiger partial charge is 0.480 e. The van der Waals surface area contributed by atoms with E-state index in [0.29, 0.717) is 0 Å². The summed E-state index contributed by atoms with van der Waals surface area (Å²) in [6.07, 6.45) is 0. The molecule has 0 saturated heterocycles. The minimum absolute atomic E-state index is 0.0578. The first-order valence-electron chi connectivity index (χ1n) is 3.93. The lowest BCUT2D eigenvalue weighted by molar-refractivity contribution is -0.134. The molecular formula is C8H9NO5S. The fourth-order valence-corrected chi connectivity index (χ4v) is 1.68. The minimum atomic E-state index is -4.34. The van der Waals surface area contributed by atoms with Crippen molar-refractivity contribution in [2.45, 2.75) is 4.90 Å². The molecule has 0 aromatic heterocycles. The van der Waals surface area contributed by atoms with Crippen molar-refractivity contribution >= 4 is 21.8 Å². The predicted molar refractivity (Wildman–Crippen MR) is 52.4 cm³/mol. The molecule has 0 aliphatic rings. The van der Waals surface area contributed by atoms with Crippen molar-refractivity contribution in [3.05, 3.63) is 24.3 Å². The maximum absolute atomic E-state index is 10.9. The first kappa shape index (κ1) is 11.5. The molecule has 1 rings (SSSR count). The van der Waals surface area contributed by atoms with E-state index in [0.717, 1.165) is 0 Å². The van der Waals surface area contributed by atoms with E-state index < -0.39 is 22.6 Å². The van der Waals surface area contributed by atoms with Crippen LogP contribution in [0, 0.1) is 0 Å². The van der Waals surface area contributed by atoms with Gasteiger partial charge in [0, 0.05) is 0 Å². The van der Waals surface area contributed by atoms with E-state index in [4.69, 9.17) is 9.66 Å². The third-order valence-electron chi connectivity index (χ3n) is 1.60. The van der Waals surface area contributed by atoms with Crippen molar-refractivity contribution in [2.24, 2.45) is 0 Å². The van der Waals surface area contributed by atoms with E-state index in [2.05, 4.69) is 5.32 Å². The molecule has 0 radical (unpaired) electrons. The van der Waals surface area contributed by atoms with Crippen LogP contribution in [0.3, 0.4) is 0 Å². The molecule has 1 aromatic carbocycles. The van der Waals surface area contributed by atoms with Crippen LogP contribution in [0.25, 0.3) is 0 Å². The molecule has 3 N–H and O–H groups in total. The summed E-state index contributed by atoms with van der Waals surface area (Å²) in [4.78, 5) is 9.92. The number of carboxylic acids is 1. The van der Waals surface area contributed by atoms with Crippen molar-refractivity contribution in [2.75, 3.05) is 11.9 Å². The van der Waals surface area contributed by atoms with Crippen LogP contribution < -0.4 is 5.32 Å². The summed E-state index contributed by atoms with van der Waals surface area (Å²) in [5, 5.41) is 10.8. The van der Waals surface area contributed by atoms with Crippen LogP contribution in [0.1, 0.15) is 0 Å². The van der Waals surface area contributed by atoms with E-state index in [1.54, 1.807) is 0 Å². The Kier molecular flexibility index (Phi) is 3.28. The van der Waals surface area contributed by atoms with Crippen LogP contribution in [-0.4, -0.2) is 30.6 Å². The maximum atomic E-state index is 10.9. The number of hydrogen-bond acceptors (Lipinski definition) is 4. The highest BCUT2D eigenvalue weighted by atomic mass is 32.2. The van der Waals surface area contributed by atoms with Gasteiger partial charge in [0.1, 0.15) is 11.4 Å². The van der Waals surface area contributed by atoms with E-state index in [-0.39, 0.29) is 10.6 Å². The Morgan fingerprint density at radius 1 is 1.33 bits per heavy atom. The molecule has 15 heavy (non-hydrogen) atoms. The summed E-state index contributed by atoms with van der Waals surface area (Å²) < 4.78 is 30.6. The van der Waals surface area contributed by atoms with Crippen LogP contribution >= 0.6 is 0 Å². The molecule has 6 nitrogen and oxygen atoms in total. The van der Waals surface area contributed by atoms with Crippen molar-refractivity contribution in [3.8, 4) is 0 Å². The van der Waals surface area contributed by atoms with Gasteiger partial charge in [0.2, 0.25) is 0 Å². The van der Waals surface area contributed by atoms with Crippen molar-refractivity contribution in [1.82, 2.24) is 0 Å². The van der Waals surface area contributed by atoms with Gasteiger partial charge in [-0.2, -0.15) is 8.42 Å². The van der Waals surface area contributed by atoms with Crippen molar-refractivity contribution in [1.29, 1.82) is 0 Å².